The molecule has 30 heavy (non-hydrogen) atoms. The molecule has 0 aromatic heterocycles. The molecule has 8 heteroatoms. The minimum absolute atomic E-state index is 0.0244. The molecule has 0 heterocycles. The third-order valence-electron chi connectivity index (χ3n) is 4.62. The number of nitrogens with one attached hydrogen (secondary N) is 3. The SMILES string of the molecule is CCC(C)NC(=O)c1ccc(NC(=O)NC(CC)c2ccccc2OC(F)F)cc1. The maximum atomic E-state index is 12.6. The number of halogens is 2. The minimum atomic E-state index is -2.95. The van der Waals surface area contributed by atoms with Crippen molar-refractivity contribution >= 4 is 17.6 Å². The van der Waals surface area contributed by atoms with Crippen molar-refractivity contribution in [3.8, 4) is 5.75 Å². The first kappa shape index (κ1) is 23.1. The zero-order chi connectivity index (χ0) is 22.1. The highest BCUT2D eigenvalue weighted by atomic mass is 19.3. The van der Waals surface area contributed by atoms with E-state index in [0.717, 1.165) is 6.42 Å². The Morgan fingerprint density at radius 1 is 0.967 bits per heavy atom. The standard InChI is InChI=1S/C22H27F2N3O3/c1-4-14(3)25-20(28)15-10-12-16(13-11-15)26-22(29)27-18(5-2)17-8-6-7-9-19(17)30-21(23)24/h6-14,18,21H,4-5H2,1-3H3,(H,25,28)(H2,26,27,29). The molecule has 162 valence electrons. The van der Waals surface area contributed by atoms with Gasteiger partial charge in [-0.1, -0.05) is 32.0 Å². The van der Waals surface area contributed by atoms with Gasteiger partial charge in [-0.25, -0.2) is 4.79 Å². The second-order valence-corrected chi connectivity index (χ2v) is 6.84. The van der Waals surface area contributed by atoms with Crippen molar-refractivity contribution in [1.29, 1.82) is 0 Å². The van der Waals surface area contributed by atoms with Crippen LogP contribution in [0.3, 0.4) is 0 Å². The average molecular weight is 419 g/mol. The van der Waals surface area contributed by atoms with Crippen LogP contribution in [0.5, 0.6) is 5.75 Å². The molecule has 0 saturated heterocycles. The minimum Gasteiger partial charge on any atom is -0.434 e. The lowest BCUT2D eigenvalue weighted by Crippen LogP contribution is -2.33. The van der Waals surface area contributed by atoms with Crippen molar-refractivity contribution in [2.75, 3.05) is 5.32 Å². The van der Waals surface area contributed by atoms with Crippen LogP contribution >= 0.6 is 0 Å². The van der Waals surface area contributed by atoms with Gasteiger partial charge in [0.25, 0.3) is 5.91 Å². The largest absolute Gasteiger partial charge is 0.434 e. The van der Waals surface area contributed by atoms with Gasteiger partial charge < -0.3 is 20.7 Å². The van der Waals surface area contributed by atoms with Crippen LogP contribution in [0, 0.1) is 0 Å². The number of ether oxygens (including phenoxy) is 1. The number of urea groups is 1. The van der Waals surface area contributed by atoms with Crippen LogP contribution < -0.4 is 20.7 Å². The zero-order valence-electron chi connectivity index (χ0n) is 17.2. The quantitative estimate of drug-likeness (QED) is 0.530. The van der Waals surface area contributed by atoms with Crippen molar-refractivity contribution < 1.29 is 23.1 Å². The Labute approximate surface area is 175 Å². The molecule has 0 fully saturated rings. The molecule has 0 bridgehead atoms. The summed E-state index contributed by atoms with van der Waals surface area (Å²) >= 11 is 0. The van der Waals surface area contributed by atoms with E-state index >= 15 is 0 Å². The fraction of sp³-hybridized carbons (Fsp3) is 0.364. The summed E-state index contributed by atoms with van der Waals surface area (Å²) in [6.07, 6.45) is 1.31. The monoisotopic (exact) mass is 419 g/mol. The highest BCUT2D eigenvalue weighted by Crippen LogP contribution is 2.28. The summed E-state index contributed by atoms with van der Waals surface area (Å²) < 4.78 is 29.9. The summed E-state index contributed by atoms with van der Waals surface area (Å²) in [7, 11) is 0. The number of anilines is 1. The van der Waals surface area contributed by atoms with E-state index in [-0.39, 0.29) is 17.7 Å². The molecule has 6 nitrogen and oxygen atoms in total. The molecule has 0 radical (unpaired) electrons. The Hall–Kier alpha value is -3.16. The maximum Gasteiger partial charge on any atom is 0.387 e. The van der Waals surface area contributed by atoms with Crippen LogP contribution in [-0.4, -0.2) is 24.6 Å². The molecule has 2 aromatic carbocycles. The van der Waals surface area contributed by atoms with E-state index < -0.39 is 18.7 Å². The lowest BCUT2D eigenvalue weighted by Gasteiger charge is -2.21. The average Bonchev–Trinajstić information content (AvgIpc) is 2.72. The molecule has 2 rings (SSSR count). The van der Waals surface area contributed by atoms with Crippen molar-refractivity contribution in [3.63, 3.8) is 0 Å². The van der Waals surface area contributed by atoms with Crippen LogP contribution in [0.2, 0.25) is 0 Å². The highest BCUT2D eigenvalue weighted by molar-refractivity contribution is 5.95. The third-order valence-corrected chi connectivity index (χ3v) is 4.62. The molecular weight excluding hydrogens is 392 g/mol. The van der Waals surface area contributed by atoms with Crippen LogP contribution in [0.15, 0.2) is 48.5 Å². The first-order valence-corrected chi connectivity index (χ1v) is 9.86. The lowest BCUT2D eigenvalue weighted by molar-refractivity contribution is -0.0506. The van der Waals surface area contributed by atoms with E-state index in [0.29, 0.717) is 23.2 Å². The Kier molecular flexibility index (Phi) is 8.58. The Morgan fingerprint density at radius 3 is 2.23 bits per heavy atom. The highest BCUT2D eigenvalue weighted by Gasteiger charge is 2.19. The van der Waals surface area contributed by atoms with Gasteiger partial charge in [-0.05, 0) is 50.1 Å². The van der Waals surface area contributed by atoms with E-state index in [4.69, 9.17) is 0 Å². The predicted octanol–water partition coefficient (Wildman–Crippen LogP) is 5.09. The number of alkyl halides is 2. The molecule has 3 amide bonds. The Morgan fingerprint density at radius 2 is 1.63 bits per heavy atom. The molecular formula is C22H27F2N3O3. The third kappa shape index (κ3) is 6.72. The second kappa shape index (κ2) is 11.1. The fourth-order valence-electron chi connectivity index (χ4n) is 2.81. The number of para-hydroxylation sites is 1. The van der Waals surface area contributed by atoms with Crippen molar-refractivity contribution in [3.05, 3.63) is 59.7 Å². The molecule has 2 atom stereocenters. The van der Waals surface area contributed by atoms with Gasteiger partial charge in [-0.2, -0.15) is 8.78 Å². The first-order valence-electron chi connectivity index (χ1n) is 9.86. The number of amides is 3. The van der Waals surface area contributed by atoms with Gasteiger partial charge in [0.15, 0.2) is 0 Å². The number of hydrogen-bond donors (Lipinski definition) is 3. The van der Waals surface area contributed by atoms with E-state index in [1.165, 1.54) is 6.07 Å². The fourth-order valence-corrected chi connectivity index (χ4v) is 2.81. The molecule has 0 aliphatic heterocycles. The van der Waals surface area contributed by atoms with Crippen LogP contribution in [-0.2, 0) is 0 Å². The van der Waals surface area contributed by atoms with Gasteiger partial charge in [0.2, 0.25) is 0 Å². The van der Waals surface area contributed by atoms with E-state index in [1.807, 2.05) is 20.8 Å². The summed E-state index contributed by atoms with van der Waals surface area (Å²) in [5.74, 6) is -0.154. The maximum absolute atomic E-state index is 12.6. The topological polar surface area (TPSA) is 79.5 Å². The van der Waals surface area contributed by atoms with Crippen LogP contribution in [0.1, 0.15) is 55.6 Å². The van der Waals surface area contributed by atoms with Gasteiger partial charge >= 0.3 is 12.6 Å². The molecule has 0 spiro atoms. The second-order valence-electron chi connectivity index (χ2n) is 6.84. The predicted molar refractivity (Wildman–Crippen MR) is 112 cm³/mol. The number of rotatable bonds is 9. The van der Waals surface area contributed by atoms with Crippen molar-refractivity contribution in [2.24, 2.45) is 0 Å². The van der Waals surface area contributed by atoms with Crippen LogP contribution in [0.4, 0.5) is 19.3 Å². The molecule has 0 aliphatic rings. The normalized spacial score (nSPS) is 12.7. The summed E-state index contributed by atoms with van der Waals surface area (Å²) in [6.45, 7) is 2.79. The Bertz CT molecular complexity index is 844. The summed E-state index contributed by atoms with van der Waals surface area (Å²) in [6, 6.07) is 11.9. The summed E-state index contributed by atoms with van der Waals surface area (Å²) in [5.41, 5.74) is 1.46. The smallest absolute Gasteiger partial charge is 0.387 e. The molecule has 3 N–H and O–H groups in total. The van der Waals surface area contributed by atoms with E-state index in [9.17, 15) is 18.4 Å². The summed E-state index contributed by atoms with van der Waals surface area (Å²) in [5, 5.41) is 8.32. The molecule has 0 saturated carbocycles. The van der Waals surface area contributed by atoms with Gasteiger partial charge in [0.05, 0.1) is 6.04 Å². The van der Waals surface area contributed by atoms with Gasteiger partial charge in [0.1, 0.15) is 5.75 Å². The van der Waals surface area contributed by atoms with E-state index in [2.05, 4.69) is 20.7 Å². The van der Waals surface area contributed by atoms with Gasteiger partial charge in [-0.15, -0.1) is 0 Å². The van der Waals surface area contributed by atoms with E-state index in [1.54, 1.807) is 42.5 Å². The number of benzene rings is 2. The number of carbonyl (C=O) groups is 2. The van der Waals surface area contributed by atoms with Crippen molar-refractivity contribution in [2.45, 2.75) is 52.3 Å². The van der Waals surface area contributed by atoms with Crippen molar-refractivity contribution in [1.82, 2.24) is 10.6 Å². The van der Waals surface area contributed by atoms with Crippen LogP contribution in [0.25, 0.3) is 0 Å². The summed E-state index contributed by atoms with van der Waals surface area (Å²) in [4.78, 5) is 24.5. The Balaban J connectivity index is 2.01. The molecule has 2 unspecified atom stereocenters. The zero-order valence-corrected chi connectivity index (χ0v) is 17.2. The first-order chi connectivity index (χ1) is 14.3. The number of hydrogen-bond acceptors (Lipinski definition) is 3. The molecule has 0 aliphatic carbocycles. The van der Waals surface area contributed by atoms with Gasteiger partial charge in [-0.3, -0.25) is 4.79 Å². The lowest BCUT2D eigenvalue weighted by atomic mass is 10.0. The number of carbonyl (C=O) groups excluding carboxylic acids is 2. The van der Waals surface area contributed by atoms with Gasteiger partial charge in [0, 0.05) is 22.9 Å². The molecule has 2 aromatic rings.